The molecule has 1 aromatic carbocycles. The van der Waals surface area contributed by atoms with E-state index >= 15 is 0 Å². The maximum Gasteiger partial charge on any atom is 0.337 e. The maximum atomic E-state index is 11.4. The van der Waals surface area contributed by atoms with Gasteiger partial charge in [0.05, 0.1) is 17.4 Å². The van der Waals surface area contributed by atoms with Crippen molar-refractivity contribution in [3.63, 3.8) is 0 Å². The van der Waals surface area contributed by atoms with E-state index in [0.29, 0.717) is 12.2 Å². The van der Waals surface area contributed by atoms with E-state index in [1.165, 1.54) is 23.4 Å². The van der Waals surface area contributed by atoms with E-state index in [-0.39, 0.29) is 11.5 Å². The highest BCUT2D eigenvalue weighted by molar-refractivity contribution is 5.93. The van der Waals surface area contributed by atoms with Crippen molar-refractivity contribution < 1.29 is 14.6 Å². The molecule has 2 N–H and O–H groups in total. The lowest BCUT2D eigenvalue weighted by Gasteiger charge is -2.27. The molecular weight excluding hydrogens is 364 g/mol. The van der Waals surface area contributed by atoms with Gasteiger partial charge in [-0.3, -0.25) is 4.98 Å². The zero-order chi connectivity index (χ0) is 20.6. The van der Waals surface area contributed by atoms with Gasteiger partial charge >= 0.3 is 5.97 Å². The molecule has 1 heterocycles. The molecule has 0 saturated heterocycles. The number of pyridine rings is 1. The van der Waals surface area contributed by atoms with E-state index in [0.717, 1.165) is 30.8 Å². The summed E-state index contributed by atoms with van der Waals surface area (Å²) in [5, 5.41) is 12.6. The summed E-state index contributed by atoms with van der Waals surface area (Å²) in [5.74, 6) is 0.933. The van der Waals surface area contributed by atoms with Gasteiger partial charge in [-0.1, -0.05) is 30.9 Å². The van der Waals surface area contributed by atoms with Crippen LogP contribution < -0.4 is 10.1 Å². The molecule has 0 aliphatic heterocycles. The largest absolute Gasteiger partial charge is 0.478 e. The molecule has 0 saturated carbocycles. The van der Waals surface area contributed by atoms with Gasteiger partial charge in [-0.2, -0.15) is 0 Å². The van der Waals surface area contributed by atoms with Crippen LogP contribution in [0.15, 0.2) is 84.4 Å². The number of para-hydroxylation sites is 1. The number of ether oxygens (including phenoxy) is 1. The molecule has 1 aromatic heterocycles. The number of carbonyl (C=O) groups is 1. The van der Waals surface area contributed by atoms with Gasteiger partial charge in [-0.05, 0) is 61.6 Å². The molecule has 0 radical (unpaired) electrons. The van der Waals surface area contributed by atoms with Gasteiger partial charge in [0.2, 0.25) is 0 Å². The van der Waals surface area contributed by atoms with Crippen LogP contribution in [0.2, 0.25) is 0 Å². The Kier molecular flexibility index (Phi) is 6.85. The van der Waals surface area contributed by atoms with Crippen molar-refractivity contribution in [2.45, 2.75) is 26.2 Å². The second kappa shape index (κ2) is 9.73. The van der Waals surface area contributed by atoms with E-state index in [1.54, 1.807) is 6.20 Å². The number of allylic oxidation sites excluding steroid dienone is 4. The number of carboxylic acids is 1. The van der Waals surface area contributed by atoms with Crippen molar-refractivity contribution in [3.8, 4) is 5.75 Å². The van der Waals surface area contributed by atoms with E-state index in [4.69, 9.17) is 4.74 Å². The summed E-state index contributed by atoms with van der Waals surface area (Å²) in [6, 6.07) is 11.2. The number of nitrogens with one attached hydrogen (secondary N) is 1. The van der Waals surface area contributed by atoms with Crippen LogP contribution in [0, 0.1) is 5.92 Å². The predicted octanol–water partition coefficient (Wildman–Crippen LogP) is 5.46. The summed E-state index contributed by atoms with van der Waals surface area (Å²) in [6.07, 6.45) is 10.1. The smallest absolute Gasteiger partial charge is 0.337 e. The molecule has 150 valence electrons. The molecule has 0 fully saturated rings. The average Bonchev–Trinajstić information content (AvgIpc) is 2.73. The molecule has 2 aromatic rings. The van der Waals surface area contributed by atoms with Crippen LogP contribution in [-0.4, -0.2) is 22.6 Å². The van der Waals surface area contributed by atoms with Gasteiger partial charge in [0.1, 0.15) is 11.5 Å². The second-order valence-electron chi connectivity index (χ2n) is 7.05. The average molecular weight is 390 g/mol. The summed E-state index contributed by atoms with van der Waals surface area (Å²) in [7, 11) is 0. The molecule has 0 bridgehead atoms. The molecular formula is C24H26N2O3. The van der Waals surface area contributed by atoms with Gasteiger partial charge in [0, 0.05) is 18.7 Å². The van der Waals surface area contributed by atoms with E-state index in [2.05, 4.69) is 23.0 Å². The van der Waals surface area contributed by atoms with Crippen molar-refractivity contribution >= 4 is 11.7 Å². The summed E-state index contributed by atoms with van der Waals surface area (Å²) in [5.41, 5.74) is 3.17. The number of carboxylic acid groups (broad SMARTS) is 1. The fraction of sp³-hybridized carbons (Fsp3) is 0.250. The molecule has 29 heavy (non-hydrogen) atoms. The predicted molar refractivity (Wildman–Crippen MR) is 115 cm³/mol. The Morgan fingerprint density at radius 2 is 2.14 bits per heavy atom. The van der Waals surface area contributed by atoms with Crippen molar-refractivity contribution in [1.29, 1.82) is 0 Å². The number of nitrogens with zero attached hydrogens (tertiary/aromatic N) is 1. The molecule has 0 spiro atoms. The topological polar surface area (TPSA) is 71.5 Å². The molecule has 0 amide bonds. The zero-order valence-electron chi connectivity index (χ0n) is 16.6. The summed E-state index contributed by atoms with van der Waals surface area (Å²) < 4.78 is 5.92. The number of anilines is 1. The summed E-state index contributed by atoms with van der Waals surface area (Å²) in [6.45, 7) is 6.60. The maximum absolute atomic E-state index is 11.4. The fourth-order valence-corrected chi connectivity index (χ4v) is 3.67. The van der Waals surface area contributed by atoms with Crippen molar-refractivity contribution in [3.05, 3.63) is 90.0 Å². The Morgan fingerprint density at radius 3 is 2.86 bits per heavy atom. The van der Waals surface area contributed by atoms with E-state index in [1.807, 2.05) is 43.3 Å². The number of hydrogen-bond donors (Lipinski definition) is 2. The third kappa shape index (κ3) is 5.35. The Morgan fingerprint density at radius 1 is 1.34 bits per heavy atom. The van der Waals surface area contributed by atoms with E-state index in [9.17, 15) is 9.90 Å². The highest BCUT2D eigenvalue weighted by Crippen LogP contribution is 2.33. The van der Waals surface area contributed by atoms with Crippen molar-refractivity contribution in [2.75, 3.05) is 11.9 Å². The number of aromatic carboxylic acids is 1. The summed E-state index contributed by atoms with van der Waals surface area (Å²) >= 11 is 0. The first-order chi connectivity index (χ1) is 14.1. The minimum Gasteiger partial charge on any atom is -0.478 e. The van der Waals surface area contributed by atoms with Crippen molar-refractivity contribution in [1.82, 2.24) is 4.98 Å². The van der Waals surface area contributed by atoms with Gasteiger partial charge < -0.3 is 15.2 Å². The van der Waals surface area contributed by atoms with Crippen LogP contribution in [-0.2, 0) is 0 Å². The number of rotatable bonds is 8. The van der Waals surface area contributed by atoms with Crippen LogP contribution in [0.5, 0.6) is 5.75 Å². The lowest BCUT2D eigenvalue weighted by Crippen LogP contribution is -2.21. The third-order valence-corrected chi connectivity index (χ3v) is 5.02. The quantitative estimate of drug-likeness (QED) is 0.586. The highest BCUT2D eigenvalue weighted by atomic mass is 16.5. The second-order valence-corrected chi connectivity index (χ2v) is 7.05. The van der Waals surface area contributed by atoms with Gasteiger partial charge in [-0.15, -0.1) is 0 Å². The van der Waals surface area contributed by atoms with Crippen LogP contribution in [0.3, 0.4) is 0 Å². The Balaban J connectivity index is 1.75. The number of aromatic nitrogens is 1. The first-order valence-electron chi connectivity index (χ1n) is 9.76. The van der Waals surface area contributed by atoms with Crippen LogP contribution in [0.1, 0.15) is 36.5 Å². The Hall–Kier alpha value is -3.34. The van der Waals surface area contributed by atoms with E-state index < -0.39 is 5.97 Å². The third-order valence-electron chi connectivity index (χ3n) is 5.02. The first-order valence-corrected chi connectivity index (χ1v) is 9.76. The van der Waals surface area contributed by atoms with Gasteiger partial charge in [0.15, 0.2) is 0 Å². The Bertz CT molecular complexity index is 932. The number of hydrogen-bond acceptors (Lipinski definition) is 4. The highest BCUT2D eigenvalue weighted by Gasteiger charge is 2.21. The molecule has 1 aliphatic carbocycles. The molecule has 5 nitrogen and oxygen atoms in total. The minimum atomic E-state index is -0.963. The normalized spacial score (nSPS) is 17.0. The van der Waals surface area contributed by atoms with Crippen LogP contribution >= 0.6 is 0 Å². The van der Waals surface area contributed by atoms with Gasteiger partial charge in [-0.25, -0.2) is 4.79 Å². The van der Waals surface area contributed by atoms with Crippen LogP contribution in [0.4, 0.5) is 5.69 Å². The van der Waals surface area contributed by atoms with Crippen LogP contribution in [0.25, 0.3) is 0 Å². The summed E-state index contributed by atoms with van der Waals surface area (Å²) in [4.78, 5) is 15.4. The molecule has 5 heteroatoms. The standard InChI is InChI=1S/C24H26N2O3/c1-3-21-18(14-17(2)29-20-10-5-4-6-11-20)8-7-9-19(21)15-26-23-16-25-13-12-22(23)24(27)28/h3-6,10-14,16,19,26H,1,7-9,15H2,2H3,(H,27,28)/b17-14+. The monoisotopic (exact) mass is 390 g/mol. The SMILES string of the molecule is C=CC1=C(/C=C(\C)Oc2ccccc2)CCCC1CNc1cnccc1C(=O)O. The fourth-order valence-electron chi connectivity index (χ4n) is 3.67. The zero-order valence-corrected chi connectivity index (χ0v) is 16.6. The first kappa shape index (κ1) is 20.4. The molecule has 1 atom stereocenters. The molecule has 1 aliphatic rings. The minimum absolute atomic E-state index is 0.229. The lowest BCUT2D eigenvalue weighted by atomic mass is 9.82. The van der Waals surface area contributed by atoms with Crippen molar-refractivity contribution in [2.24, 2.45) is 5.92 Å². The lowest BCUT2D eigenvalue weighted by molar-refractivity contribution is 0.0697. The van der Waals surface area contributed by atoms with Gasteiger partial charge in [0.25, 0.3) is 0 Å². The number of benzene rings is 1. The molecule has 3 rings (SSSR count). The molecule has 1 unspecified atom stereocenters. The Labute approximate surface area is 171 Å².